The van der Waals surface area contributed by atoms with Crippen molar-refractivity contribution >= 4 is 17.2 Å². The van der Waals surface area contributed by atoms with Gasteiger partial charge >= 0.3 is 0 Å². The van der Waals surface area contributed by atoms with Crippen molar-refractivity contribution in [2.24, 2.45) is 0 Å². The topological polar surface area (TPSA) is 75.9 Å². The van der Waals surface area contributed by atoms with E-state index in [1.807, 2.05) is 0 Å². The summed E-state index contributed by atoms with van der Waals surface area (Å²) >= 11 is 0. The predicted octanol–water partition coefficient (Wildman–Crippen LogP) is 4.81. The lowest BCUT2D eigenvalue weighted by atomic mass is 10.1. The number of imidazole rings is 1. The van der Waals surface area contributed by atoms with Crippen LogP contribution in [0.15, 0.2) is 60.8 Å². The molecule has 0 aliphatic carbocycles. The Morgan fingerprint density at radius 2 is 1.88 bits per heavy atom. The maximum absolute atomic E-state index is 13.9. The van der Waals surface area contributed by atoms with Crippen LogP contribution in [-0.4, -0.2) is 20.4 Å². The molecule has 0 saturated heterocycles. The third-order valence-corrected chi connectivity index (χ3v) is 5.06. The highest BCUT2D eigenvalue weighted by Crippen LogP contribution is 2.25. The number of hydrogen-bond donors (Lipinski definition) is 2. The average molecular weight is 437 g/mol. The van der Waals surface area contributed by atoms with Crippen molar-refractivity contribution < 1.29 is 23.4 Å². The second-order valence-corrected chi connectivity index (χ2v) is 7.36. The lowest BCUT2D eigenvalue weighted by Crippen LogP contribution is -2.16. The van der Waals surface area contributed by atoms with E-state index in [1.54, 1.807) is 60.8 Å². The number of anilines is 1. The normalized spacial score (nSPS) is 12.0. The number of fused-ring (bicyclic) bond motifs is 1. The summed E-state index contributed by atoms with van der Waals surface area (Å²) in [5.74, 6) is -1.50. The number of ether oxygens (including phenoxy) is 1. The SMILES string of the molecule is Cc1nc2c(OCc3c(F)cccc3F)cccn2c1C(=O)Nc1cccc(C(C)O)c1. The fourth-order valence-corrected chi connectivity index (χ4v) is 3.43. The van der Waals surface area contributed by atoms with Gasteiger partial charge in [-0.3, -0.25) is 9.20 Å². The monoisotopic (exact) mass is 437 g/mol. The molecule has 32 heavy (non-hydrogen) atoms. The van der Waals surface area contributed by atoms with Gasteiger partial charge in [0.05, 0.1) is 17.4 Å². The highest BCUT2D eigenvalue weighted by atomic mass is 19.1. The van der Waals surface area contributed by atoms with E-state index >= 15 is 0 Å². The van der Waals surface area contributed by atoms with Gasteiger partial charge in [-0.15, -0.1) is 0 Å². The van der Waals surface area contributed by atoms with Gasteiger partial charge in [0.15, 0.2) is 11.4 Å². The molecule has 2 N–H and O–H groups in total. The molecule has 6 nitrogen and oxygen atoms in total. The van der Waals surface area contributed by atoms with Crippen LogP contribution in [0.2, 0.25) is 0 Å². The maximum Gasteiger partial charge on any atom is 0.274 e. The van der Waals surface area contributed by atoms with Crippen LogP contribution in [0.3, 0.4) is 0 Å². The van der Waals surface area contributed by atoms with E-state index in [4.69, 9.17) is 4.74 Å². The predicted molar refractivity (Wildman–Crippen MR) is 116 cm³/mol. The molecule has 1 atom stereocenters. The number of aliphatic hydroxyl groups excluding tert-OH is 1. The standard InChI is InChI=1S/C24H21F2N3O3/c1-14-22(24(31)28-17-7-3-6-16(12-17)15(2)30)29-11-5-10-21(23(29)27-14)32-13-18-19(25)8-4-9-20(18)26/h3-12,15,30H,13H2,1-2H3,(H,28,31). The summed E-state index contributed by atoms with van der Waals surface area (Å²) in [4.78, 5) is 17.4. The molecule has 164 valence electrons. The summed E-state index contributed by atoms with van der Waals surface area (Å²) in [7, 11) is 0. The van der Waals surface area contributed by atoms with Crippen molar-refractivity contribution in [1.29, 1.82) is 0 Å². The second-order valence-electron chi connectivity index (χ2n) is 7.36. The number of benzene rings is 2. The van der Waals surface area contributed by atoms with Gasteiger partial charge in [0.25, 0.3) is 5.91 Å². The van der Waals surface area contributed by atoms with E-state index in [0.717, 1.165) is 12.1 Å². The first-order valence-corrected chi connectivity index (χ1v) is 9.98. The van der Waals surface area contributed by atoms with Gasteiger partial charge in [-0.05, 0) is 55.8 Å². The zero-order valence-electron chi connectivity index (χ0n) is 17.5. The second kappa shape index (κ2) is 8.76. The van der Waals surface area contributed by atoms with Crippen molar-refractivity contribution in [3.63, 3.8) is 0 Å². The molecule has 2 aromatic heterocycles. The Balaban J connectivity index is 1.62. The van der Waals surface area contributed by atoms with Gasteiger partial charge in [0.1, 0.15) is 23.9 Å². The average Bonchev–Trinajstić information content (AvgIpc) is 3.10. The van der Waals surface area contributed by atoms with E-state index < -0.39 is 23.6 Å². The molecule has 2 aromatic carbocycles. The largest absolute Gasteiger partial charge is 0.485 e. The molecule has 0 radical (unpaired) electrons. The molecule has 8 heteroatoms. The smallest absolute Gasteiger partial charge is 0.274 e. The lowest BCUT2D eigenvalue weighted by Gasteiger charge is -2.11. The van der Waals surface area contributed by atoms with Crippen molar-refractivity contribution in [1.82, 2.24) is 9.38 Å². The minimum atomic E-state index is -0.698. The molecule has 0 fully saturated rings. The van der Waals surface area contributed by atoms with E-state index in [0.29, 0.717) is 28.3 Å². The highest BCUT2D eigenvalue weighted by molar-refractivity contribution is 6.04. The molecule has 0 aliphatic rings. The number of aryl methyl sites for hydroxylation is 1. The Morgan fingerprint density at radius 1 is 1.16 bits per heavy atom. The summed E-state index contributed by atoms with van der Waals surface area (Å²) in [6.07, 6.45) is 0.996. The van der Waals surface area contributed by atoms with E-state index in [1.165, 1.54) is 6.07 Å². The molecule has 1 unspecified atom stereocenters. The Kier molecular flexibility index (Phi) is 5.87. The molecule has 0 spiro atoms. The summed E-state index contributed by atoms with van der Waals surface area (Å²) in [5.41, 5.74) is 2.13. The third kappa shape index (κ3) is 4.17. The van der Waals surface area contributed by atoms with Gasteiger partial charge in [-0.2, -0.15) is 0 Å². The summed E-state index contributed by atoms with van der Waals surface area (Å²) in [6, 6.07) is 13.8. The van der Waals surface area contributed by atoms with Crippen LogP contribution in [-0.2, 0) is 6.61 Å². The number of aromatic nitrogens is 2. The number of hydrogen-bond acceptors (Lipinski definition) is 4. The molecular formula is C24H21F2N3O3. The molecule has 0 saturated carbocycles. The van der Waals surface area contributed by atoms with Crippen LogP contribution in [0.1, 0.15) is 40.3 Å². The first-order chi connectivity index (χ1) is 15.3. The summed E-state index contributed by atoms with van der Waals surface area (Å²) < 4.78 is 35.1. The Morgan fingerprint density at radius 3 is 2.59 bits per heavy atom. The van der Waals surface area contributed by atoms with Crippen LogP contribution < -0.4 is 10.1 Å². The quantitative estimate of drug-likeness (QED) is 0.454. The van der Waals surface area contributed by atoms with Crippen LogP contribution in [0.5, 0.6) is 5.75 Å². The van der Waals surface area contributed by atoms with Gasteiger partial charge in [0.2, 0.25) is 0 Å². The number of nitrogens with zero attached hydrogens (tertiary/aromatic N) is 2. The molecule has 1 amide bonds. The van der Waals surface area contributed by atoms with Crippen LogP contribution in [0.25, 0.3) is 5.65 Å². The van der Waals surface area contributed by atoms with Crippen molar-refractivity contribution in [3.8, 4) is 5.75 Å². The fraction of sp³-hybridized carbons (Fsp3) is 0.167. The summed E-state index contributed by atoms with van der Waals surface area (Å²) in [6.45, 7) is 3.01. The third-order valence-electron chi connectivity index (χ3n) is 5.06. The number of amides is 1. The molecule has 0 bridgehead atoms. The molecule has 0 aliphatic heterocycles. The lowest BCUT2D eigenvalue weighted by molar-refractivity contribution is 0.102. The number of rotatable bonds is 6. The summed E-state index contributed by atoms with van der Waals surface area (Å²) in [5, 5.41) is 12.6. The first-order valence-electron chi connectivity index (χ1n) is 9.98. The van der Waals surface area contributed by atoms with Gasteiger partial charge in [0, 0.05) is 11.9 Å². The maximum atomic E-state index is 13.9. The number of nitrogens with one attached hydrogen (secondary N) is 1. The number of halogens is 2. The molecule has 4 aromatic rings. The van der Waals surface area contributed by atoms with Gasteiger partial charge < -0.3 is 15.2 Å². The number of carbonyl (C=O) groups excluding carboxylic acids is 1. The van der Waals surface area contributed by atoms with Gasteiger partial charge in [-0.25, -0.2) is 13.8 Å². The van der Waals surface area contributed by atoms with Crippen LogP contribution in [0.4, 0.5) is 14.5 Å². The molecular weight excluding hydrogens is 416 g/mol. The Labute approximate surface area is 183 Å². The minimum absolute atomic E-state index is 0.186. The Hall–Kier alpha value is -3.78. The zero-order valence-corrected chi connectivity index (χ0v) is 17.5. The van der Waals surface area contributed by atoms with Crippen molar-refractivity contribution in [3.05, 3.63) is 94.9 Å². The number of pyridine rings is 1. The van der Waals surface area contributed by atoms with Gasteiger partial charge in [-0.1, -0.05) is 18.2 Å². The van der Waals surface area contributed by atoms with Crippen LogP contribution >= 0.6 is 0 Å². The minimum Gasteiger partial charge on any atom is -0.485 e. The van der Waals surface area contributed by atoms with Crippen molar-refractivity contribution in [2.75, 3.05) is 5.32 Å². The van der Waals surface area contributed by atoms with E-state index in [2.05, 4.69) is 10.3 Å². The van der Waals surface area contributed by atoms with E-state index in [-0.39, 0.29) is 17.9 Å². The molecule has 4 rings (SSSR count). The molecule has 2 heterocycles. The zero-order chi connectivity index (χ0) is 22.8. The number of aliphatic hydroxyl groups is 1. The highest BCUT2D eigenvalue weighted by Gasteiger charge is 2.20. The van der Waals surface area contributed by atoms with Crippen molar-refractivity contribution in [2.45, 2.75) is 26.6 Å². The first kappa shape index (κ1) is 21.5. The Bertz CT molecular complexity index is 1280. The van der Waals surface area contributed by atoms with E-state index in [9.17, 15) is 18.7 Å². The van der Waals surface area contributed by atoms with Crippen LogP contribution in [0, 0.1) is 18.6 Å². The fourth-order valence-electron chi connectivity index (χ4n) is 3.43. The number of carbonyl (C=O) groups is 1.